The summed E-state index contributed by atoms with van der Waals surface area (Å²) in [4.78, 5) is 12.4. The molecule has 0 radical (unpaired) electrons. The van der Waals surface area contributed by atoms with Crippen LogP contribution in [0.2, 0.25) is 0 Å². The Kier molecular flexibility index (Phi) is 4.73. The molecule has 0 amide bonds. The van der Waals surface area contributed by atoms with Gasteiger partial charge in [0.1, 0.15) is 5.01 Å². The summed E-state index contributed by atoms with van der Waals surface area (Å²) in [5.74, 6) is 1.58. The minimum Gasteiger partial charge on any atom is -0.350 e. The van der Waals surface area contributed by atoms with E-state index >= 15 is 0 Å². The fourth-order valence-corrected chi connectivity index (χ4v) is 3.65. The Hall–Kier alpha value is -1.88. The van der Waals surface area contributed by atoms with Gasteiger partial charge in [0, 0.05) is 37.1 Å². The van der Waals surface area contributed by atoms with Gasteiger partial charge in [-0.1, -0.05) is 30.3 Å². The summed E-state index contributed by atoms with van der Waals surface area (Å²) in [5, 5.41) is 4.55. The minimum absolute atomic E-state index is 0.599. The molecule has 1 N–H and O–H groups in total. The molecule has 22 heavy (non-hydrogen) atoms. The van der Waals surface area contributed by atoms with Crippen LogP contribution in [0.15, 0.2) is 41.5 Å². The van der Waals surface area contributed by atoms with Crippen molar-refractivity contribution < 1.29 is 0 Å². The Bertz CT molecular complexity index is 635. The molecule has 1 aromatic heterocycles. The van der Waals surface area contributed by atoms with E-state index in [0.717, 1.165) is 30.6 Å². The number of thiazole rings is 1. The van der Waals surface area contributed by atoms with Gasteiger partial charge in [0.05, 0.1) is 6.54 Å². The van der Waals surface area contributed by atoms with Crippen LogP contribution in [0.3, 0.4) is 0 Å². The van der Waals surface area contributed by atoms with Crippen molar-refractivity contribution in [2.24, 2.45) is 4.99 Å². The van der Waals surface area contributed by atoms with Crippen molar-refractivity contribution in [2.75, 3.05) is 20.1 Å². The van der Waals surface area contributed by atoms with E-state index < -0.39 is 0 Å². The quantitative estimate of drug-likeness (QED) is 0.699. The van der Waals surface area contributed by atoms with Gasteiger partial charge in [0.25, 0.3) is 0 Å². The molecule has 1 aromatic carbocycles. The van der Waals surface area contributed by atoms with Crippen molar-refractivity contribution in [3.8, 4) is 0 Å². The molecule has 0 saturated carbocycles. The molecule has 116 valence electrons. The first-order valence-electron chi connectivity index (χ1n) is 7.68. The predicted molar refractivity (Wildman–Crippen MR) is 92.4 cm³/mol. The van der Waals surface area contributed by atoms with E-state index in [0.29, 0.717) is 5.92 Å². The summed E-state index contributed by atoms with van der Waals surface area (Å²) in [6, 6.07) is 10.8. The highest BCUT2D eigenvalue weighted by molar-refractivity contribution is 7.11. The van der Waals surface area contributed by atoms with Crippen LogP contribution in [0.1, 0.15) is 27.8 Å². The summed E-state index contributed by atoms with van der Waals surface area (Å²) in [6.45, 7) is 4.91. The van der Waals surface area contributed by atoms with Crippen LogP contribution >= 0.6 is 11.3 Å². The van der Waals surface area contributed by atoms with Gasteiger partial charge in [-0.2, -0.15) is 0 Å². The van der Waals surface area contributed by atoms with Gasteiger partial charge < -0.3 is 10.2 Å². The van der Waals surface area contributed by atoms with Crippen molar-refractivity contribution >= 4 is 17.3 Å². The molecule has 0 bridgehead atoms. The molecule has 1 atom stereocenters. The Balaban J connectivity index is 1.58. The van der Waals surface area contributed by atoms with Gasteiger partial charge >= 0.3 is 0 Å². The van der Waals surface area contributed by atoms with Gasteiger partial charge in [-0.25, -0.2) is 4.98 Å². The Labute approximate surface area is 135 Å². The smallest absolute Gasteiger partial charge is 0.194 e. The van der Waals surface area contributed by atoms with Crippen molar-refractivity contribution in [1.29, 1.82) is 0 Å². The molecule has 3 rings (SSSR count). The molecule has 0 aliphatic carbocycles. The molecule has 0 spiro atoms. The van der Waals surface area contributed by atoms with E-state index in [2.05, 4.69) is 57.4 Å². The van der Waals surface area contributed by atoms with Crippen LogP contribution < -0.4 is 5.32 Å². The van der Waals surface area contributed by atoms with Crippen LogP contribution in [0.4, 0.5) is 0 Å². The maximum atomic E-state index is 4.43. The zero-order chi connectivity index (χ0) is 15.4. The van der Waals surface area contributed by atoms with Gasteiger partial charge in [0.2, 0.25) is 0 Å². The number of hydrogen-bond donors (Lipinski definition) is 1. The molecular formula is C17H22N4S. The van der Waals surface area contributed by atoms with Crippen molar-refractivity contribution in [2.45, 2.75) is 25.8 Å². The Morgan fingerprint density at radius 1 is 1.41 bits per heavy atom. The third-order valence-electron chi connectivity index (χ3n) is 4.04. The third-order valence-corrected chi connectivity index (χ3v) is 4.95. The lowest BCUT2D eigenvalue weighted by Gasteiger charge is -2.21. The van der Waals surface area contributed by atoms with Crippen LogP contribution in [0.25, 0.3) is 0 Å². The maximum absolute atomic E-state index is 4.43. The van der Waals surface area contributed by atoms with E-state index in [1.807, 2.05) is 13.2 Å². The van der Waals surface area contributed by atoms with E-state index in [1.54, 1.807) is 11.3 Å². The zero-order valence-electron chi connectivity index (χ0n) is 13.1. The largest absolute Gasteiger partial charge is 0.350 e. The van der Waals surface area contributed by atoms with Gasteiger partial charge in [-0.3, -0.25) is 4.99 Å². The minimum atomic E-state index is 0.599. The van der Waals surface area contributed by atoms with Crippen LogP contribution in [0.5, 0.6) is 0 Å². The lowest BCUT2D eigenvalue weighted by molar-refractivity contribution is 0.485. The third kappa shape index (κ3) is 3.47. The molecule has 1 aliphatic heterocycles. The summed E-state index contributed by atoms with van der Waals surface area (Å²) in [5.41, 5.74) is 1.43. The maximum Gasteiger partial charge on any atom is 0.194 e. The number of nitrogens with one attached hydrogen (secondary N) is 1. The van der Waals surface area contributed by atoms with Crippen molar-refractivity contribution in [1.82, 2.24) is 15.2 Å². The summed E-state index contributed by atoms with van der Waals surface area (Å²) < 4.78 is 0. The second kappa shape index (κ2) is 6.92. The number of nitrogens with zero attached hydrogens (tertiary/aromatic N) is 3. The zero-order valence-corrected chi connectivity index (χ0v) is 13.9. The van der Waals surface area contributed by atoms with E-state index in [4.69, 9.17) is 0 Å². The molecular weight excluding hydrogens is 292 g/mol. The predicted octanol–water partition coefficient (Wildman–Crippen LogP) is 3.02. The van der Waals surface area contributed by atoms with Gasteiger partial charge in [0.15, 0.2) is 5.96 Å². The molecule has 1 saturated heterocycles. The van der Waals surface area contributed by atoms with E-state index in [1.165, 1.54) is 16.9 Å². The van der Waals surface area contributed by atoms with Crippen LogP contribution in [-0.4, -0.2) is 36.0 Å². The van der Waals surface area contributed by atoms with E-state index in [9.17, 15) is 0 Å². The van der Waals surface area contributed by atoms with Crippen molar-refractivity contribution in [3.05, 3.63) is 52.0 Å². The molecule has 1 unspecified atom stereocenters. The standard InChI is InChI=1S/C17H22N4S/c1-13-10-19-16(22-13)11-20-17(18-2)21-9-8-15(12-21)14-6-4-3-5-7-14/h3-7,10,15H,8-9,11-12H2,1-2H3,(H,18,20). The SMILES string of the molecule is CN=C(NCc1ncc(C)s1)N1CCC(c2ccccc2)C1. The number of guanidine groups is 1. The second-order valence-electron chi connectivity index (χ2n) is 5.61. The normalized spacial score (nSPS) is 18.7. The first-order chi connectivity index (χ1) is 10.8. The average Bonchev–Trinajstić information content (AvgIpc) is 3.18. The molecule has 2 aromatic rings. The lowest BCUT2D eigenvalue weighted by atomic mass is 9.99. The number of benzene rings is 1. The summed E-state index contributed by atoms with van der Waals surface area (Å²) in [6.07, 6.45) is 3.10. The van der Waals surface area contributed by atoms with E-state index in [-0.39, 0.29) is 0 Å². The van der Waals surface area contributed by atoms with Gasteiger partial charge in [-0.05, 0) is 18.9 Å². The topological polar surface area (TPSA) is 40.5 Å². The number of likely N-dealkylation sites (tertiary alicyclic amines) is 1. The molecule has 5 heteroatoms. The first kappa shape index (κ1) is 15.0. The fourth-order valence-electron chi connectivity index (χ4n) is 2.92. The number of hydrogen-bond acceptors (Lipinski definition) is 3. The molecule has 4 nitrogen and oxygen atoms in total. The highest BCUT2D eigenvalue weighted by Gasteiger charge is 2.25. The molecule has 1 fully saturated rings. The lowest BCUT2D eigenvalue weighted by Crippen LogP contribution is -2.39. The first-order valence-corrected chi connectivity index (χ1v) is 8.50. The Morgan fingerprint density at radius 3 is 2.91 bits per heavy atom. The van der Waals surface area contributed by atoms with Gasteiger partial charge in [-0.15, -0.1) is 11.3 Å². The highest BCUT2D eigenvalue weighted by Crippen LogP contribution is 2.26. The monoisotopic (exact) mass is 314 g/mol. The molecule has 1 aliphatic rings. The number of aliphatic imine (C=N–C) groups is 1. The Morgan fingerprint density at radius 2 is 2.23 bits per heavy atom. The number of aromatic nitrogens is 1. The van der Waals surface area contributed by atoms with Crippen LogP contribution in [-0.2, 0) is 6.54 Å². The van der Waals surface area contributed by atoms with Crippen LogP contribution in [0, 0.1) is 6.92 Å². The molecule has 2 heterocycles. The van der Waals surface area contributed by atoms with Crippen molar-refractivity contribution in [3.63, 3.8) is 0 Å². The highest BCUT2D eigenvalue weighted by atomic mass is 32.1. The summed E-state index contributed by atoms with van der Waals surface area (Å²) >= 11 is 1.73. The second-order valence-corrected chi connectivity index (χ2v) is 6.93. The number of aryl methyl sites for hydroxylation is 1. The summed E-state index contributed by atoms with van der Waals surface area (Å²) in [7, 11) is 1.85. The number of rotatable bonds is 3. The fraction of sp³-hybridized carbons (Fsp3) is 0.412. The average molecular weight is 314 g/mol.